The average molecular weight is 257 g/mol. The lowest BCUT2D eigenvalue weighted by molar-refractivity contribution is 0.0992. The van der Waals surface area contributed by atoms with E-state index in [0.717, 1.165) is 29.0 Å². The fourth-order valence-electron chi connectivity index (χ4n) is 2.44. The molecule has 1 N–H and O–H groups in total. The summed E-state index contributed by atoms with van der Waals surface area (Å²) in [5.74, 6) is 1.91. The number of likely N-dealkylation sites (N-methyl/N-ethyl adjacent to an activating group) is 1. The van der Waals surface area contributed by atoms with Crippen molar-refractivity contribution in [3.05, 3.63) is 29.6 Å². The molecule has 0 spiro atoms. The van der Waals surface area contributed by atoms with Gasteiger partial charge in [-0.2, -0.15) is 0 Å². The van der Waals surface area contributed by atoms with Crippen LogP contribution in [-0.2, 0) is 7.05 Å². The molecular weight excluding hydrogens is 238 g/mol. The number of hydrogen-bond donors (Lipinski definition) is 1. The number of carbonyl (C=O) groups is 1. The van der Waals surface area contributed by atoms with Crippen LogP contribution >= 0.6 is 0 Å². The van der Waals surface area contributed by atoms with Crippen LogP contribution in [0.15, 0.2) is 18.2 Å². The Hall–Kier alpha value is -1.68. The quantitative estimate of drug-likeness (QED) is 0.836. The molecule has 0 radical (unpaired) electrons. The highest BCUT2D eigenvalue weighted by Crippen LogP contribution is 2.40. The highest BCUT2D eigenvalue weighted by atomic mass is 16.1. The van der Waals surface area contributed by atoms with E-state index < -0.39 is 0 Å². The molecule has 4 heteroatoms. The van der Waals surface area contributed by atoms with Crippen molar-refractivity contribution in [3.8, 4) is 0 Å². The predicted molar refractivity (Wildman–Crippen MR) is 75.6 cm³/mol. The molecule has 3 rings (SSSR count). The van der Waals surface area contributed by atoms with Gasteiger partial charge in [-0.3, -0.25) is 4.79 Å². The molecule has 0 atom stereocenters. The Morgan fingerprint density at radius 1 is 1.47 bits per heavy atom. The number of ketones is 1. The third-order valence-corrected chi connectivity index (χ3v) is 3.72. The minimum atomic E-state index is 0.127. The maximum absolute atomic E-state index is 12.0. The summed E-state index contributed by atoms with van der Waals surface area (Å²) >= 11 is 0. The number of benzene rings is 1. The second-order valence-electron chi connectivity index (χ2n) is 5.21. The van der Waals surface area contributed by atoms with Gasteiger partial charge < -0.3 is 9.88 Å². The molecule has 1 aromatic carbocycles. The first-order valence-corrected chi connectivity index (χ1v) is 6.91. The summed E-state index contributed by atoms with van der Waals surface area (Å²) in [7, 11) is 2.06. The molecule has 1 aromatic heterocycles. The zero-order valence-electron chi connectivity index (χ0n) is 11.4. The van der Waals surface area contributed by atoms with Crippen LogP contribution in [0.2, 0.25) is 0 Å². The van der Waals surface area contributed by atoms with E-state index >= 15 is 0 Å². The van der Waals surface area contributed by atoms with Crippen LogP contribution in [0, 0.1) is 0 Å². The standard InChI is InChI=1S/C15H19N3O/c1-3-16-9-14(19)11-6-7-13-12(8-11)17-15(18(13)2)10-4-5-10/h6-8,10,16H,3-5,9H2,1-2H3. The molecule has 1 aliphatic carbocycles. The summed E-state index contributed by atoms with van der Waals surface area (Å²) in [5.41, 5.74) is 2.79. The number of hydrogen-bond acceptors (Lipinski definition) is 3. The summed E-state index contributed by atoms with van der Waals surface area (Å²) in [6.07, 6.45) is 2.48. The minimum Gasteiger partial charge on any atom is -0.331 e. The molecule has 0 unspecified atom stereocenters. The lowest BCUT2D eigenvalue weighted by Gasteiger charge is -2.02. The fraction of sp³-hybridized carbons (Fsp3) is 0.467. The van der Waals surface area contributed by atoms with Gasteiger partial charge in [-0.1, -0.05) is 6.92 Å². The topological polar surface area (TPSA) is 46.9 Å². The number of fused-ring (bicyclic) bond motifs is 1. The van der Waals surface area contributed by atoms with Crippen LogP contribution in [0.1, 0.15) is 41.9 Å². The molecule has 100 valence electrons. The largest absolute Gasteiger partial charge is 0.331 e. The molecule has 0 aliphatic heterocycles. The van der Waals surface area contributed by atoms with E-state index in [-0.39, 0.29) is 5.78 Å². The lowest BCUT2D eigenvalue weighted by Crippen LogP contribution is -2.22. The van der Waals surface area contributed by atoms with Crippen molar-refractivity contribution < 1.29 is 4.79 Å². The second kappa shape index (κ2) is 4.78. The molecular formula is C15H19N3O. The minimum absolute atomic E-state index is 0.127. The SMILES string of the molecule is CCNCC(=O)c1ccc2c(c1)nc(C1CC1)n2C. The Balaban J connectivity index is 1.94. The van der Waals surface area contributed by atoms with Gasteiger partial charge in [-0.25, -0.2) is 4.98 Å². The van der Waals surface area contributed by atoms with Gasteiger partial charge in [0.25, 0.3) is 0 Å². The maximum Gasteiger partial charge on any atom is 0.176 e. The van der Waals surface area contributed by atoms with Gasteiger partial charge in [-0.05, 0) is 37.6 Å². The number of Topliss-reactive ketones (excluding diaryl/α,β-unsaturated/α-hetero) is 1. The first kappa shape index (κ1) is 12.4. The predicted octanol–water partition coefficient (Wildman–Crippen LogP) is 2.24. The highest BCUT2D eigenvalue weighted by molar-refractivity contribution is 6.00. The average Bonchev–Trinajstić information content (AvgIpc) is 3.21. The Labute approximate surface area is 112 Å². The number of aryl methyl sites for hydroxylation is 1. The van der Waals surface area contributed by atoms with Gasteiger partial charge in [0.15, 0.2) is 5.78 Å². The van der Waals surface area contributed by atoms with Gasteiger partial charge in [-0.15, -0.1) is 0 Å². The van der Waals surface area contributed by atoms with Crippen molar-refractivity contribution in [2.75, 3.05) is 13.1 Å². The summed E-state index contributed by atoms with van der Waals surface area (Å²) in [6, 6.07) is 5.83. The van der Waals surface area contributed by atoms with Gasteiger partial charge in [0, 0.05) is 18.5 Å². The van der Waals surface area contributed by atoms with E-state index in [1.807, 2.05) is 25.1 Å². The molecule has 4 nitrogen and oxygen atoms in total. The molecule has 1 saturated carbocycles. The molecule has 2 aromatic rings. The Morgan fingerprint density at radius 3 is 2.95 bits per heavy atom. The van der Waals surface area contributed by atoms with E-state index in [9.17, 15) is 4.79 Å². The third kappa shape index (κ3) is 2.28. The molecule has 19 heavy (non-hydrogen) atoms. The van der Waals surface area contributed by atoms with Crippen LogP contribution in [-0.4, -0.2) is 28.4 Å². The van der Waals surface area contributed by atoms with Crippen LogP contribution in [0.3, 0.4) is 0 Å². The van der Waals surface area contributed by atoms with E-state index in [2.05, 4.69) is 21.9 Å². The first-order chi connectivity index (χ1) is 9.20. The summed E-state index contributed by atoms with van der Waals surface area (Å²) in [5, 5.41) is 3.06. The van der Waals surface area contributed by atoms with Crippen LogP contribution < -0.4 is 5.32 Å². The van der Waals surface area contributed by atoms with Crippen molar-refractivity contribution in [2.24, 2.45) is 7.05 Å². The highest BCUT2D eigenvalue weighted by Gasteiger charge is 2.28. The van der Waals surface area contributed by atoms with Crippen LogP contribution in [0.25, 0.3) is 11.0 Å². The summed E-state index contributed by atoms with van der Waals surface area (Å²) in [6.45, 7) is 3.20. The molecule has 0 saturated heterocycles. The van der Waals surface area contributed by atoms with Crippen molar-refractivity contribution in [2.45, 2.75) is 25.7 Å². The monoisotopic (exact) mass is 257 g/mol. The molecule has 1 aliphatic rings. The Bertz CT molecular complexity index is 626. The maximum atomic E-state index is 12.0. The van der Waals surface area contributed by atoms with Gasteiger partial charge in [0.1, 0.15) is 5.82 Å². The smallest absolute Gasteiger partial charge is 0.176 e. The number of nitrogens with one attached hydrogen (secondary N) is 1. The molecule has 0 amide bonds. The third-order valence-electron chi connectivity index (χ3n) is 3.72. The summed E-state index contributed by atoms with van der Waals surface area (Å²) in [4.78, 5) is 16.7. The Morgan fingerprint density at radius 2 is 2.26 bits per heavy atom. The van der Waals surface area contributed by atoms with E-state index in [1.165, 1.54) is 12.8 Å². The summed E-state index contributed by atoms with van der Waals surface area (Å²) < 4.78 is 2.16. The van der Waals surface area contributed by atoms with Crippen molar-refractivity contribution in [3.63, 3.8) is 0 Å². The lowest BCUT2D eigenvalue weighted by atomic mass is 10.1. The molecule has 1 heterocycles. The number of nitrogens with zero attached hydrogens (tertiary/aromatic N) is 2. The fourth-order valence-corrected chi connectivity index (χ4v) is 2.44. The van der Waals surface area contributed by atoms with Crippen molar-refractivity contribution in [1.29, 1.82) is 0 Å². The first-order valence-electron chi connectivity index (χ1n) is 6.91. The van der Waals surface area contributed by atoms with E-state index in [0.29, 0.717) is 12.5 Å². The number of aromatic nitrogens is 2. The van der Waals surface area contributed by atoms with Gasteiger partial charge >= 0.3 is 0 Å². The van der Waals surface area contributed by atoms with Gasteiger partial charge in [0.05, 0.1) is 17.6 Å². The zero-order valence-corrected chi connectivity index (χ0v) is 11.4. The molecule has 1 fully saturated rings. The normalized spacial score (nSPS) is 15.1. The molecule has 0 bridgehead atoms. The number of rotatable bonds is 5. The van der Waals surface area contributed by atoms with Crippen molar-refractivity contribution >= 4 is 16.8 Å². The van der Waals surface area contributed by atoms with E-state index in [1.54, 1.807) is 0 Å². The zero-order chi connectivity index (χ0) is 13.4. The Kier molecular flexibility index (Phi) is 3.11. The second-order valence-corrected chi connectivity index (χ2v) is 5.21. The van der Waals surface area contributed by atoms with Crippen molar-refractivity contribution in [1.82, 2.24) is 14.9 Å². The van der Waals surface area contributed by atoms with Crippen LogP contribution in [0.5, 0.6) is 0 Å². The van der Waals surface area contributed by atoms with E-state index in [4.69, 9.17) is 0 Å². The van der Waals surface area contributed by atoms with Crippen LogP contribution in [0.4, 0.5) is 0 Å². The van der Waals surface area contributed by atoms with Gasteiger partial charge in [0.2, 0.25) is 0 Å². The number of carbonyl (C=O) groups excluding carboxylic acids is 1. The number of imidazole rings is 1.